The highest BCUT2D eigenvalue weighted by atomic mass is 16.5. The van der Waals surface area contributed by atoms with E-state index in [2.05, 4.69) is 24.1 Å². The average molecular weight is 427 g/mol. The zero-order chi connectivity index (χ0) is 22.2. The summed E-state index contributed by atoms with van der Waals surface area (Å²) in [6.07, 6.45) is 0.425. The Bertz CT molecular complexity index is 874. The van der Waals surface area contributed by atoms with E-state index >= 15 is 0 Å². The van der Waals surface area contributed by atoms with Crippen molar-refractivity contribution >= 4 is 17.6 Å². The Balaban J connectivity index is 1.49. The van der Waals surface area contributed by atoms with Gasteiger partial charge in [-0.1, -0.05) is 24.3 Å². The van der Waals surface area contributed by atoms with E-state index in [1.807, 2.05) is 25.1 Å². The maximum absolute atomic E-state index is 12.3. The number of esters is 1. The topological polar surface area (TPSA) is 77.1 Å². The van der Waals surface area contributed by atoms with E-state index in [9.17, 15) is 9.59 Å². The van der Waals surface area contributed by atoms with Crippen LogP contribution in [0.5, 0.6) is 5.75 Å². The van der Waals surface area contributed by atoms with Crippen molar-refractivity contribution in [3.63, 3.8) is 0 Å². The number of carbonyl (C=O) groups is 2. The maximum Gasteiger partial charge on any atom is 0.338 e. The zero-order valence-corrected chi connectivity index (χ0v) is 18.3. The van der Waals surface area contributed by atoms with Gasteiger partial charge in [0, 0.05) is 19.6 Å². The lowest BCUT2D eigenvalue weighted by Gasteiger charge is -2.35. The van der Waals surface area contributed by atoms with Crippen LogP contribution in [0.1, 0.15) is 36.7 Å². The molecule has 3 rings (SSSR count). The number of anilines is 1. The molecule has 1 aliphatic rings. The summed E-state index contributed by atoms with van der Waals surface area (Å²) in [5.41, 5.74) is 2.07. The van der Waals surface area contributed by atoms with E-state index in [4.69, 9.17) is 14.2 Å². The Morgan fingerprint density at radius 1 is 1.06 bits per heavy atom. The number of rotatable bonds is 8. The van der Waals surface area contributed by atoms with E-state index in [-0.39, 0.29) is 18.8 Å². The van der Waals surface area contributed by atoms with Crippen LogP contribution in [-0.4, -0.2) is 55.3 Å². The van der Waals surface area contributed by atoms with Crippen molar-refractivity contribution in [1.82, 2.24) is 4.90 Å². The van der Waals surface area contributed by atoms with Crippen LogP contribution in [0.2, 0.25) is 0 Å². The van der Waals surface area contributed by atoms with Crippen LogP contribution in [-0.2, 0) is 20.8 Å². The van der Waals surface area contributed by atoms with Crippen LogP contribution in [0.15, 0.2) is 48.5 Å². The lowest BCUT2D eigenvalue weighted by Crippen LogP contribution is -2.44. The predicted molar refractivity (Wildman–Crippen MR) is 118 cm³/mol. The summed E-state index contributed by atoms with van der Waals surface area (Å²) in [5.74, 6) is -0.384. The first-order chi connectivity index (χ1) is 14.9. The fraction of sp³-hybridized carbons (Fsp3) is 0.417. The van der Waals surface area contributed by atoms with E-state index < -0.39 is 11.9 Å². The van der Waals surface area contributed by atoms with Gasteiger partial charge in [0.2, 0.25) is 0 Å². The number of hydrogen-bond donors (Lipinski definition) is 1. The molecule has 1 amide bonds. The second-order valence-corrected chi connectivity index (χ2v) is 7.70. The molecule has 7 heteroatoms. The van der Waals surface area contributed by atoms with Gasteiger partial charge in [0.25, 0.3) is 5.91 Å². The third kappa shape index (κ3) is 6.80. The summed E-state index contributed by atoms with van der Waals surface area (Å²) in [6, 6.07) is 14.4. The van der Waals surface area contributed by atoms with Gasteiger partial charge in [-0.05, 0) is 50.6 Å². The van der Waals surface area contributed by atoms with Crippen LogP contribution in [0.3, 0.4) is 0 Å². The molecule has 0 radical (unpaired) electrons. The molecule has 1 heterocycles. The molecule has 0 saturated carbocycles. The highest BCUT2D eigenvalue weighted by molar-refractivity contribution is 5.96. The Morgan fingerprint density at radius 3 is 2.42 bits per heavy atom. The Morgan fingerprint density at radius 2 is 1.74 bits per heavy atom. The number of nitrogens with zero attached hydrogens (tertiary/aromatic N) is 1. The Kier molecular flexibility index (Phi) is 8.03. The number of carbonyl (C=O) groups excluding carboxylic acids is 2. The third-order valence-electron chi connectivity index (χ3n) is 4.89. The van der Waals surface area contributed by atoms with Gasteiger partial charge in [-0.15, -0.1) is 0 Å². The number of amides is 1. The normalized spacial score (nSPS) is 18.9. The van der Waals surface area contributed by atoms with Gasteiger partial charge in [-0.2, -0.15) is 0 Å². The summed E-state index contributed by atoms with van der Waals surface area (Å²) in [4.78, 5) is 26.8. The van der Waals surface area contributed by atoms with Crippen molar-refractivity contribution in [3.8, 4) is 5.75 Å². The van der Waals surface area contributed by atoms with E-state index in [1.165, 1.54) is 0 Å². The van der Waals surface area contributed by atoms with Crippen molar-refractivity contribution in [2.75, 3.05) is 31.6 Å². The standard InChI is InChI=1S/C24H30N2O5/c1-4-29-22-8-6-5-7-21(22)25-23(27)16-30-24(28)20-11-9-19(10-12-20)15-26-13-17(2)31-18(3)14-26/h5-12,17-18H,4,13-16H2,1-3H3,(H,25,27)/t17-,18-/m1/s1. The van der Waals surface area contributed by atoms with Crippen molar-refractivity contribution < 1.29 is 23.8 Å². The van der Waals surface area contributed by atoms with Crippen molar-refractivity contribution in [1.29, 1.82) is 0 Å². The molecular formula is C24H30N2O5. The number of morpholine rings is 1. The molecule has 1 N–H and O–H groups in total. The Hall–Kier alpha value is -2.90. The SMILES string of the molecule is CCOc1ccccc1NC(=O)COC(=O)c1ccc(CN2C[C@@H](C)O[C@H](C)C2)cc1. The molecule has 1 aliphatic heterocycles. The molecule has 1 fully saturated rings. The fourth-order valence-electron chi connectivity index (χ4n) is 3.67. The third-order valence-corrected chi connectivity index (χ3v) is 4.89. The molecule has 7 nitrogen and oxygen atoms in total. The first-order valence-corrected chi connectivity index (χ1v) is 10.6. The van der Waals surface area contributed by atoms with Crippen LogP contribution in [0, 0.1) is 0 Å². The molecule has 1 saturated heterocycles. The molecule has 166 valence electrons. The molecule has 0 unspecified atom stereocenters. The monoisotopic (exact) mass is 426 g/mol. The minimum Gasteiger partial charge on any atom is -0.492 e. The molecule has 2 atom stereocenters. The fourth-order valence-corrected chi connectivity index (χ4v) is 3.67. The molecule has 0 aliphatic carbocycles. The number of para-hydroxylation sites is 2. The first kappa shape index (κ1) is 22.8. The molecule has 0 bridgehead atoms. The zero-order valence-electron chi connectivity index (χ0n) is 18.3. The van der Waals surface area contributed by atoms with E-state index in [1.54, 1.807) is 30.3 Å². The van der Waals surface area contributed by atoms with E-state index in [0.29, 0.717) is 23.6 Å². The second kappa shape index (κ2) is 10.9. The largest absolute Gasteiger partial charge is 0.492 e. The number of hydrogen-bond acceptors (Lipinski definition) is 6. The summed E-state index contributed by atoms with van der Waals surface area (Å²) < 4.78 is 16.4. The predicted octanol–water partition coefficient (Wildman–Crippen LogP) is 3.49. The molecule has 2 aromatic carbocycles. The van der Waals surface area contributed by atoms with Gasteiger partial charge < -0.3 is 19.5 Å². The van der Waals surface area contributed by atoms with Gasteiger partial charge in [0.05, 0.1) is 30.1 Å². The summed E-state index contributed by atoms with van der Waals surface area (Å²) >= 11 is 0. The summed E-state index contributed by atoms with van der Waals surface area (Å²) in [6.45, 7) is 8.71. The van der Waals surface area contributed by atoms with E-state index in [0.717, 1.165) is 25.2 Å². The highest BCUT2D eigenvalue weighted by Gasteiger charge is 2.22. The van der Waals surface area contributed by atoms with Crippen LogP contribution >= 0.6 is 0 Å². The van der Waals surface area contributed by atoms with Crippen LogP contribution in [0.4, 0.5) is 5.69 Å². The van der Waals surface area contributed by atoms with Gasteiger partial charge in [-0.25, -0.2) is 4.79 Å². The molecule has 2 aromatic rings. The summed E-state index contributed by atoms with van der Waals surface area (Å²) in [5, 5.41) is 2.71. The second-order valence-electron chi connectivity index (χ2n) is 7.70. The van der Waals surface area contributed by atoms with Crippen molar-refractivity contribution in [2.24, 2.45) is 0 Å². The number of benzene rings is 2. The lowest BCUT2D eigenvalue weighted by molar-refractivity contribution is -0.119. The molecule has 0 spiro atoms. The highest BCUT2D eigenvalue weighted by Crippen LogP contribution is 2.23. The van der Waals surface area contributed by atoms with Crippen molar-refractivity contribution in [2.45, 2.75) is 39.5 Å². The number of nitrogens with one attached hydrogen (secondary N) is 1. The maximum atomic E-state index is 12.3. The smallest absolute Gasteiger partial charge is 0.338 e. The molecular weight excluding hydrogens is 396 g/mol. The quantitative estimate of drug-likeness (QED) is 0.651. The lowest BCUT2D eigenvalue weighted by atomic mass is 10.1. The first-order valence-electron chi connectivity index (χ1n) is 10.6. The van der Waals surface area contributed by atoms with Crippen LogP contribution in [0.25, 0.3) is 0 Å². The number of ether oxygens (including phenoxy) is 3. The minimum atomic E-state index is -0.534. The van der Waals surface area contributed by atoms with Gasteiger partial charge in [0.1, 0.15) is 5.75 Å². The average Bonchev–Trinajstić information content (AvgIpc) is 2.73. The van der Waals surface area contributed by atoms with Crippen molar-refractivity contribution in [3.05, 3.63) is 59.7 Å². The van der Waals surface area contributed by atoms with Crippen LogP contribution < -0.4 is 10.1 Å². The minimum absolute atomic E-state index is 0.213. The van der Waals surface area contributed by atoms with Gasteiger partial charge >= 0.3 is 5.97 Å². The van der Waals surface area contributed by atoms with Gasteiger partial charge in [0.15, 0.2) is 6.61 Å². The summed E-state index contributed by atoms with van der Waals surface area (Å²) in [7, 11) is 0. The Labute approximate surface area is 183 Å². The van der Waals surface area contributed by atoms with Gasteiger partial charge in [-0.3, -0.25) is 9.69 Å². The molecule has 0 aromatic heterocycles. The molecule has 31 heavy (non-hydrogen) atoms.